The predicted molar refractivity (Wildman–Crippen MR) is 72.9 cm³/mol. The lowest BCUT2D eigenvalue weighted by Crippen LogP contribution is -2.41. The highest BCUT2D eigenvalue weighted by Crippen LogP contribution is 2.17. The molecule has 114 valence electrons. The van der Waals surface area contributed by atoms with Crippen LogP contribution in [-0.2, 0) is 14.4 Å². The molecule has 0 bridgehead atoms. The van der Waals surface area contributed by atoms with Crippen LogP contribution in [0.1, 0.15) is 38.5 Å². The fourth-order valence-corrected chi connectivity index (χ4v) is 2.43. The van der Waals surface area contributed by atoms with E-state index in [0.717, 1.165) is 25.7 Å². The number of hydrogen-bond acceptors (Lipinski definition) is 4. The van der Waals surface area contributed by atoms with Crippen LogP contribution < -0.4 is 11.1 Å². The van der Waals surface area contributed by atoms with Crippen molar-refractivity contribution in [3.8, 4) is 0 Å². The van der Waals surface area contributed by atoms with Crippen LogP contribution in [0.15, 0.2) is 0 Å². The minimum absolute atomic E-state index is 0.100. The lowest BCUT2D eigenvalue weighted by atomic mass is 9.95. The molecule has 0 aliphatic heterocycles. The van der Waals surface area contributed by atoms with E-state index < -0.39 is 11.9 Å². The summed E-state index contributed by atoms with van der Waals surface area (Å²) in [4.78, 5) is 34.7. The molecule has 20 heavy (non-hydrogen) atoms. The summed E-state index contributed by atoms with van der Waals surface area (Å²) < 4.78 is 0. The van der Waals surface area contributed by atoms with Gasteiger partial charge in [-0.05, 0) is 12.8 Å². The number of rotatable bonds is 8. The highest BCUT2D eigenvalue weighted by molar-refractivity contribution is 5.78. The van der Waals surface area contributed by atoms with Crippen molar-refractivity contribution in [2.75, 3.05) is 19.6 Å². The number of carbonyl (C=O) groups excluding carboxylic acids is 2. The number of carboxylic acid groups (broad SMARTS) is 1. The summed E-state index contributed by atoms with van der Waals surface area (Å²) in [5.74, 6) is -1.74. The van der Waals surface area contributed by atoms with E-state index >= 15 is 0 Å². The normalized spacial score (nSPS) is 16.1. The Labute approximate surface area is 118 Å². The van der Waals surface area contributed by atoms with Crippen molar-refractivity contribution in [1.29, 1.82) is 0 Å². The molecule has 1 aliphatic carbocycles. The second-order valence-electron chi connectivity index (χ2n) is 5.22. The Hall–Kier alpha value is -1.63. The van der Waals surface area contributed by atoms with Gasteiger partial charge in [-0.15, -0.1) is 0 Å². The summed E-state index contributed by atoms with van der Waals surface area (Å²) >= 11 is 0. The van der Waals surface area contributed by atoms with Gasteiger partial charge in [0.05, 0.1) is 13.1 Å². The van der Waals surface area contributed by atoms with Gasteiger partial charge in [0.25, 0.3) is 0 Å². The molecule has 4 N–H and O–H groups in total. The van der Waals surface area contributed by atoms with E-state index in [1.165, 1.54) is 11.3 Å². The minimum Gasteiger partial charge on any atom is -0.480 e. The van der Waals surface area contributed by atoms with Gasteiger partial charge in [-0.2, -0.15) is 0 Å². The Morgan fingerprint density at radius 1 is 1.15 bits per heavy atom. The van der Waals surface area contributed by atoms with Crippen molar-refractivity contribution in [1.82, 2.24) is 10.2 Å². The van der Waals surface area contributed by atoms with Crippen LogP contribution in [0.3, 0.4) is 0 Å². The fraction of sp³-hybridized carbons (Fsp3) is 0.769. The molecule has 0 heterocycles. The van der Waals surface area contributed by atoms with E-state index in [4.69, 9.17) is 10.8 Å². The first-order valence-corrected chi connectivity index (χ1v) is 6.99. The number of nitrogens with one attached hydrogen (secondary N) is 1. The number of primary amides is 1. The number of nitrogens with zero attached hydrogens (tertiary/aromatic N) is 1. The Morgan fingerprint density at radius 2 is 1.80 bits per heavy atom. The van der Waals surface area contributed by atoms with Gasteiger partial charge in [-0.3, -0.25) is 19.3 Å². The topological polar surface area (TPSA) is 113 Å². The van der Waals surface area contributed by atoms with Crippen molar-refractivity contribution < 1.29 is 19.5 Å². The summed E-state index contributed by atoms with van der Waals surface area (Å²) in [5, 5.41) is 11.7. The molecule has 1 rings (SSSR count). The summed E-state index contributed by atoms with van der Waals surface area (Å²) in [6, 6.07) is 0.236. The predicted octanol–water partition coefficient (Wildman–Crippen LogP) is -0.303. The standard InChI is InChI=1S/C13H23N3O4/c14-11(17)8-16(9-13(19)20)7-6-12(18)15-10-4-2-1-3-5-10/h10H,1-9H2,(H2,14,17)(H,15,18)(H,19,20). The SMILES string of the molecule is NC(=O)CN(CCC(=O)NC1CCCCC1)CC(=O)O. The zero-order valence-electron chi connectivity index (χ0n) is 11.6. The lowest BCUT2D eigenvalue weighted by molar-refractivity contribution is -0.139. The van der Waals surface area contributed by atoms with E-state index in [1.807, 2.05) is 0 Å². The largest absolute Gasteiger partial charge is 0.480 e. The molecule has 7 nitrogen and oxygen atoms in total. The Kier molecular flexibility index (Phi) is 7.00. The van der Waals surface area contributed by atoms with Crippen LogP contribution in [0.4, 0.5) is 0 Å². The molecule has 1 aliphatic rings. The quantitative estimate of drug-likeness (QED) is 0.566. The molecule has 2 amide bonds. The average molecular weight is 285 g/mol. The van der Waals surface area contributed by atoms with Gasteiger partial charge in [0, 0.05) is 19.0 Å². The molecule has 0 radical (unpaired) electrons. The third kappa shape index (κ3) is 7.08. The number of aliphatic carboxylic acids is 1. The van der Waals surface area contributed by atoms with Crippen LogP contribution in [0.25, 0.3) is 0 Å². The van der Waals surface area contributed by atoms with Gasteiger partial charge in [-0.1, -0.05) is 19.3 Å². The van der Waals surface area contributed by atoms with Crippen molar-refractivity contribution in [2.24, 2.45) is 5.73 Å². The third-order valence-corrected chi connectivity index (χ3v) is 3.36. The van der Waals surface area contributed by atoms with Gasteiger partial charge >= 0.3 is 5.97 Å². The number of amides is 2. The van der Waals surface area contributed by atoms with Crippen molar-refractivity contribution in [3.63, 3.8) is 0 Å². The first kappa shape index (κ1) is 16.4. The zero-order chi connectivity index (χ0) is 15.0. The Balaban J connectivity index is 2.31. The maximum atomic E-state index is 11.8. The van der Waals surface area contributed by atoms with Crippen LogP contribution >= 0.6 is 0 Å². The fourth-order valence-electron chi connectivity index (χ4n) is 2.43. The molecule has 1 saturated carbocycles. The lowest BCUT2D eigenvalue weighted by Gasteiger charge is -2.23. The zero-order valence-corrected chi connectivity index (χ0v) is 11.6. The molecule has 0 atom stereocenters. The van der Waals surface area contributed by atoms with Gasteiger partial charge in [0.1, 0.15) is 0 Å². The van der Waals surface area contributed by atoms with Crippen molar-refractivity contribution >= 4 is 17.8 Å². The molecule has 0 saturated heterocycles. The average Bonchev–Trinajstić information content (AvgIpc) is 2.36. The molecule has 0 aromatic heterocycles. The number of nitrogens with two attached hydrogens (primary N) is 1. The number of carboxylic acids is 1. The molecule has 7 heteroatoms. The van der Waals surface area contributed by atoms with Gasteiger partial charge in [0.2, 0.25) is 11.8 Å². The van der Waals surface area contributed by atoms with Crippen molar-refractivity contribution in [3.05, 3.63) is 0 Å². The number of carbonyl (C=O) groups is 3. The summed E-state index contributed by atoms with van der Waals surface area (Å²) in [6.07, 6.45) is 5.68. The van der Waals surface area contributed by atoms with E-state index in [-0.39, 0.29) is 38.0 Å². The summed E-state index contributed by atoms with van der Waals surface area (Å²) in [7, 11) is 0. The third-order valence-electron chi connectivity index (χ3n) is 3.36. The van der Waals surface area contributed by atoms with E-state index in [1.54, 1.807) is 0 Å². The number of hydrogen-bond donors (Lipinski definition) is 3. The van der Waals surface area contributed by atoms with E-state index in [2.05, 4.69) is 5.32 Å². The van der Waals surface area contributed by atoms with Crippen LogP contribution in [0.5, 0.6) is 0 Å². The summed E-state index contributed by atoms with van der Waals surface area (Å²) in [5.41, 5.74) is 5.05. The van der Waals surface area contributed by atoms with Gasteiger partial charge in [0.15, 0.2) is 0 Å². The second kappa shape index (κ2) is 8.52. The van der Waals surface area contributed by atoms with Crippen LogP contribution in [0, 0.1) is 0 Å². The molecule has 0 aromatic rings. The minimum atomic E-state index is -1.04. The second-order valence-corrected chi connectivity index (χ2v) is 5.22. The Morgan fingerprint density at radius 3 is 2.35 bits per heavy atom. The first-order chi connectivity index (χ1) is 9.47. The molecule has 1 fully saturated rings. The Bertz CT molecular complexity index is 338. The molecule has 0 spiro atoms. The van der Waals surface area contributed by atoms with Crippen molar-refractivity contribution in [2.45, 2.75) is 44.6 Å². The molecular weight excluding hydrogens is 262 g/mol. The smallest absolute Gasteiger partial charge is 0.317 e. The highest BCUT2D eigenvalue weighted by atomic mass is 16.4. The highest BCUT2D eigenvalue weighted by Gasteiger charge is 2.17. The van der Waals surface area contributed by atoms with Gasteiger partial charge in [-0.25, -0.2) is 0 Å². The maximum Gasteiger partial charge on any atom is 0.317 e. The molecule has 0 aromatic carbocycles. The van der Waals surface area contributed by atoms with Gasteiger partial charge < -0.3 is 16.2 Å². The van der Waals surface area contributed by atoms with E-state index in [9.17, 15) is 14.4 Å². The molecular formula is C13H23N3O4. The monoisotopic (exact) mass is 285 g/mol. The molecule has 0 unspecified atom stereocenters. The summed E-state index contributed by atoms with van der Waals surface area (Å²) in [6.45, 7) is -0.226. The maximum absolute atomic E-state index is 11.8. The van der Waals surface area contributed by atoms with E-state index in [0.29, 0.717) is 0 Å². The van der Waals surface area contributed by atoms with Crippen LogP contribution in [0.2, 0.25) is 0 Å². The van der Waals surface area contributed by atoms with Crippen LogP contribution in [-0.4, -0.2) is 53.5 Å². The first-order valence-electron chi connectivity index (χ1n) is 6.99.